The van der Waals surface area contributed by atoms with Crippen LogP contribution in [-0.2, 0) is 22.6 Å². The molecule has 4 rings (SSSR count). The Balaban J connectivity index is 1.17. The van der Waals surface area contributed by atoms with Crippen molar-refractivity contribution < 1.29 is 19.1 Å². The standard InChI is InChI=1S/C32H47N5O4/c1-31(2,3)40-29(38)36-19-15-34(16-20-36)27-11-7-25(8-12-27)23-33-24-26-9-13-28(14-10-26)35-17-21-37(22-18-35)30(39)41-32(4,5)6/h7-14,33H,15-24H2,1-6H3. The van der Waals surface area contributed by atoms with Crippen molar-refractivity contribution in [2.24, 2.45) is 0 Å². The van der Waals surface area contributed by atoms with Crippen molar-refractivity contribution in [1.82, 2.24) is 15.1 Å². The number of nitrogens with one attached hydrogen (secondary N) is 1. The fraction of sp³-hybridized carbons (Fsp3) is 0.562. The molecule has 0 aromatic heterocycles. The third-order valence-corrected chi connectivity index (χ3v) is 7.12. The van der Waals surface area contributed by atoms with Gasteiger partial charge in [-0.1, -0.05) is 24.3 Å². The maximum absolute atomic E-state index is 12.3. The van der Waals surface area contributed by atoms with Gasteiger partial charge >= 0.3 is 12.2 Å². The summed E-state index contributed by atoms with van der Waals surface area (Å²) in [6, 6.07) is 17.3. The molecule has 0 aliphatic carbocycles. The third-order valence-electron chi connectivity index (χ3n) is 7.12. The number of carbonyl (C=O) groups is 2. The molecule has 2 fully saturated rings. The monoisotopic (exact) mass is 565 g/mol. The number of piperazine rings is 2. The molecule has 224 valence electrons. The van der Waals surface area contributed by atoms with Crippen molar-refractivity contribution in [3.8, 4) is 0 Å². The van der Waals surface area contributed by atoms with Gasteiger partial charge in [-0.3, -0.25) is 0 Å². The molecule has 0 unspecified atom stereocenters. The van der Waals surface area contributed by atoms with E-state index in [9.17, 15) is 9.59 Å². The van der Waals surface area contributed by atoms with Crippen LogP contribution in [0.3, 0.4) is 0 Å². The van der Waals surface area contributed by atoms with Gasteiger partial charge < -0.3 is 34.4 Å². The molecule has 2 aliphatic rings. The van der Waals surface area contributed by atoms with Crippen LogP contribution in [0.2, 0.25) is 0 Å². The number of hydrogen-bond acceptors (Lipinski definition) is 7. The second-order valence-electron chi connectivity index (χ2n) is 12.8. The zero-order chi connectivity index (χ0) is 29.6. The summed E-state index contributed by atoms with van der Waals surface area (Å²) in [6.07, 6.45) is -0.460. The fourth-order valence-corrected chi connectivity index (χ4v) is 4.95. The van der Waals surface area contributed by atoms with E-state index in [1.54, 1.807) is 9.80 Å². The van der Waals surface area contributed by atoms with Crippen LogP contribution in [0.4, 0.5) is 21.0 Å². The maximum atomic E-state index is 12.3. The van der Waals surface area contributed by atoms with E-state index in [1.165, 1.54) is 22.5 Å². The molecule has 9 nitrogen and oxygen atoms in total. The summed E-state index contributed by atoms with van der Waals surface area (Å²) in [7, 11) is 0. The number of rotatable bonds is 6. The average Bonchev–Trinajstić information content (AvgIpc) is 2.92. The largest absolute Gasteiger partial charge is 0.444 e. The smallest absolute Gasteiger partial charge is 0.410 e. The highest BCUT2D eigenvalue weighted by atomic mass is 16.6. The van der Waals surface area contributed by atoms with Crippen LogP contribution in [0, 0.1) is 0 Å². The zero-order valence-corrected chi connectivity index (χ0v) is 25.6. The van der Waals surface area contributed by atoms with Crippen LogP contribution in [0.5, 0.6) is 0 Å². The Bertz CT molecular complexity index is 1050. The van der Waals surface area contributed by atoms with E-state index in [0.717, 1.165) is 39.3 Å². The highest BCUT2D eigenvalue weighted by Crippen LogP contribution is 2.21. The minimum Gasteiger partial charge on any atom is -0.444 e. The van der Waals surface area contributed by atoms with Crippen molar-refractivity contribution >= 4 is 23.6 Å². The first kappa shape index (κ1) is 30.5. The van der Waals surface area contributed by atoms with Crippen molar-refractivity contribution in [2.75, 3.05) is 62.2 Å². The summed E-state index contributed by atoms with van der Waals surface area (Å²) < 4.78 is 11.0. The Morgan fingerprint density at radius 1 is 0.585 bits per heavy atom. The predicted octanol–water partition coefficient (Wildman–Crippen LogP) is 5.09. The molecule has 2 amide bonds. The molecule has 41 heavy (non-hydrogen) atoms. The van der Waals surface area contributed by atoms with E-state index in [1.807, 2.05) is 41.5 Å². The van der Waals surface area contributed by atoms with Crippen molar-refractivity contribution in [1.29, 1.82) is 0 Å². The fourth-order valence-electron chi connectivity index (χ4n) is 4.95. The summed E-state index contributed by atoms with van der Waals surface area (Å²) in [6.45, 7) is 18.8. The number of nitrogens with zero attached hydrogens (tertiary/aromatic N) is 4. The summed E-state index contributed by atoms with van der Waals surface area (Å²) >= 11 is 0. The van der Waals surface area contributed by atoms with Gasteiger partial charge in [0.2, 0.25) is 0 Å². The quantitative estimate of drug-likeness (QED) is 0.523. The van der Waals surface area contributed by atoms with E-state index in [2.05, 4.69) is 63.6 Å². The number of amides is 2. The van der Waals surface area contributed by atoms with Crippen molar-refractivity contribution in [3.05, 3.63) is 59.7 Å². The Hall–Kier alpha value is -3.46. The van der Waals surface area contributed by atoms with E-state index in [0.29, 0.717) is 26.2 Å². The lowest BCUT2D eigenvalue weighted by Gasteiger charge is -2.36. The average molecular weight is 566 g/mol. The molecule has 0 saturated carbocycles. The molecule has 2 aromatic rings. The van der Waals surface area contributed by atoms with Crippen molar-refractivity contribution in [3.63, 3.8) is 0 Å². The Labute approximate surface area is 245 Å². The molecular weight excluding hydrogens is 518 g/mol. The predicted molar refractivity (Wildman–Crippen MR) is 163 cm³/mol. The molecule has 0 atom stereocenters. The number of benzene rings is 2. The van der Waals surface area contributed by atoms with Crippen LogP contribution in [-0.4, -0.2) is 85.5 Å². The number of ether oxygens (including phenoxy) is 2. The van der Waals surface area contributed by atoms with E-state index < -0.39 is 11.2 Å². The minimum absolute atomic E-state index is 0.230. The SMILES string of the molecule is CC(C)(C)OC(=O)N1CCN(c2ccc(CNCc3ccc(N4CCN(C(=O)OC(C)(C)C)CC4)cc3)cc2)CC1. The van der Waals surface area contributed by atoms with Gasteiger partial charge in [-0.15, -0.1) is 0 Å². The molecule has 0 radical (unpaired) electrons. The number of carbonyl (C=O) groups excluding carboxylic acids is 2. The second-order valence-corrected chi connectivity index (χ2v) is 12.8. The molecule has 2 aliphatic heterocycles. The normalized spacial score (nSPS) is 16.5. The van der Waals surface area contributed by atoms with E-state index in [4.69, 9.17) is 9.47 Å². The van der Waals surface area contributed by atoms with Gasteiger partial charge in [0.25, 0.3) is 0 Å². The topological polar surface area (TPSA) is 77.6 Å². The Morgan fingerprint density at radius 2 is 0.902 bits per heavy atom. The Kier molecular flexibility index (Phi) is 9.68. The van der Waals surface area contributed by atoms with Gasteiger partial charge in [0.15, 0.2) is 0 Å². The van der Waals surface area contributed by atoms with Gasteiger partial charge in [-0.2, -0.15) is 0 Å². The molecule has 2 heterocycles. The summed E-state index contributed by atoms with van der Waals surface area (Å²) in [5.74, 6) is 0. The minimum atomic E-state index is -0.469. The van der Waals surface area contributed by atoms with Gasteiger partial charge in [-0.25, -0.2) is 9.59 Å². The van der Waals surface area contributed by atoms with Crippen molar-refractivity contribution in [2.45, 2.75) is 65.8 Å². The lowest BCUT2D eigenvalue weighted by molar-refractivity contribution is 0.0230. The lowest BCUT2D eigenvalue weighted by Crippen LogP contribution is -2.50. The first-order chi connectivity index (χ1) is 19.4. The van der Waals surface area contributed by atoms with Crippen LogP contribution in [0.15, 0.2) is 48.5 Å². The van der Waals surface area contributed by atoms with Gasteiger partial charge in [0.05, 0.1) is 0 Å². The van der Waals surface area contributed by atoms with Gasteiger partial charge in [0.1, 0.15) is 11.2 Å². The molecule has 1 N–H and O–H groups in total. The summed E-state index contributed by atoms with van der Waals surface area (Å²) in [5, 5.41) is 3.55. The van der Waals surface area contributed by atoms with Gasteiger partial charge in [-0.05, 0) is 76.9 Å². The number of anilines is 2. The molecular formula is C32H47N5O4. The van der Waals surface area contributed by atoms with Crippen LogP contribution in [0.25, 0.3) is 0 Å². The van der Waals surface area contributed by atoms with Crippen LogP contribution < -0.4 is 15.1 Å². The summed E-state index contributed by atoms with van der Waals surface area (Å²) in [4.78, 5) is 32.9. The lowest BCUT2D eigenvalue weighted by atomic mass is 10.1. The van der Waals surface area contributed by atoms with Crippen LogP contribution >= 0.6 is 0 Å². The first-order valence-corrected chi connectivity index (χ1v) is 14.7. The second kappa shape index (κ2) is 13.0. The molecule has 9 heteroatoms. The van der Waals surface area contributed by atoms with Gasteiger partial charge in [0, 0.05) is 76.8 Å². The van der Waals surface area contributed by atoms with Crippen LogP contribution in [0.1, 0.15) is 52.7 Å². The molecule has 0 spiro atoms. The van der Waals surface area contributed by atoms with E-state index in [-0.39, 0.29) is 12.2 Å². The highest BCUT2D eigenvalue weighted by Gasteiger charge is 2.27. The maximum Gasteiger partial charge on any atom is 0.410 e. The molecule has 2 aromatic carbocycles. The molecule has 0 bridgehead atoms. The zero-order valence-electron chi connectivity index (χ0n) is 25.6. The third kappa shape index (κ3) is 9.28. The Morgan fingerprint density at radius 3 is 1.20 bits per heavy atom. The highest BCUT2D eigenvalue weighted by molar-refractivity contribution is 5.69. The van der Waals surface area contributed by atoms with E-state index >= 15 is 0 Å². The first-order valence-electron chi connectivity index (χ1n) is 14.7. The molecule has 2 saturated heterocycles. The summed E-state index contributed by atoms with van der Waals surface area (Å²) in [5.41, 5.74) is 3.90. The number of hydrogen-bond donors (Lipinski definition) is 1.